The zero-order valence-electron chi connectivity index (χ0n) is 10.4. The van der Waals surface area contributed by atoms with Crippen molar-refractivity contribution in [1.82, 2.24) is 0 Å². The number of hydrogen-bond donors (Lipinski definition) is 0. The first-order chi connectivity index (χ1) is 9.16. The second-order valence-electron chi connectivity index (χ2n) is 4.54. The SMILES string of the molecule is Cc1cc(C(Br)c2ccc(F)c3ccccc23)co1. The maximum Gasteiger partial charge on any atom is 0.131 e. The molecule has 3 aromatic rings. The van der Waals surface area contributed by atoms with Crippen LogP contribution < -0.4 is 0 Å². The van der Waals surface area contributed by atoms with Gasteiger partial charge in [-0.2, -0.15) is 0 Å². The Morgan fingerprint density at radius 1 is 1.11 bits per heavy atom. The van der Waals surface area contributed by atoms with E-state index in [9.17, 15) is 4.39 Å². The Balaban J connectivity index is 2.18. The third kappa shape index (κ3) is 2.19. The summed E-state index contributed by atoms with van der Waals surface area (Å²) in [6, 6.07) is 12.8. The number of benzene rings is 2. The highest BCUT2D eigenvalue weighted by Crippen LogP contribution is 2.36. The summed E-state index contributed by atoms with van der Waals surface area (Å²) in [5, 5.41) is 1.56. The number of aryl methyl sites for hydroxylation is 1. The van der Waals surface area contributed by atoms with Crippen molar-refractivity contribution in [1.29, 1.82) is 0 Å². The molecule has 0 amide bonds. The van der Waals surface area contributed by atoms with Gasteiger partial charge in [0.1, 0.15) is 11.6 Å². The van der Waals surface area contributed by atoms with E-state index in [-0.39, 0.29) is 10.6 Å². The van der Waals surface area contributed by atoms with Crippen LogP contribution in [0.5, 0.6) is 0 Å². The summed E-state index contributed by atoms with van der Waals surface area (Å²) in [7, 11) is 0. The molecule has 2 aromatic carbocycles. The first-order valence-electron chi connectivity index (χ1n) is 6.03. The fourth-order valence-electron chi connectivity index (χ4n) is 2.28. The molecular weight excluding hydrogens is 307 g/mol. The van der Waals surface area contributed by atoms with Gasteiger partial charge in [0.25, 0.3) is 0 Å². The summed E-state index contributed by atoms with van der Waals surface area (Å²) in [4.78, 5) is -0.00421. The van der Waals surface area contributed by atoms with Crippen LogP contribution in [0.1, 0.15) is 21.7 Å². The molecule has 0 aliphatic heterocycles. The van der Waals surface area contributed by atoms with Crippen molar-refractivity contribution in [3.05, 3.63) is 71.4 Å². The van der Waals surface area contributed by atoms with Crippen molar-refractivity contribution in [2.75, 3.05) is 0 Å². The fourth-order valence-corrected chi connectivity index (χ4v) is 2.92. The first-order valence-corrected chi connectivity index (χ1v) is 6.94. The zero-order chi connectivity index (χ0) is 13.4. The standard InChI is InChI=1S/C16H12BrFO/c1-10-8-11(9-19-10)16(17)14-6-7-15(18)13-5-3-2-4-12(13)14/h2-9,16H,1H3. The minimum Gasteiger partial charge on any atom is -0.469 e. The molecule has 1 nitrogen and oxygen atoms in total. The average Bonchev–Trinajstić information content (AvgIpc) is 2.86. The van der Waals surface area contributed by atoms with Crippen molar-refractivity contribution in [3.63, 3.8) is 0 Å². The highest BCUT2D eigenvalue weighted by Gasteiger charge is 2.16. The van der Waals surface area contributed by atoms with Gasteiger partial charge in [-0.15, -0.1) is 0 Å². The normalized spacial score (nSPS) is 12.8. The summed E-state index contributed by atoms with van der Waals surface area (Å²) < 4.78 is 19.1. The smallest absolute Gasteiger partial charge is 0.131 e. The van der Waals surface area contributed by atoms with Gasteiger partial charge in [-0.05, 0) is 30.0 Å². The van der Waals surface area contributed by atoms with E-state index in [1.807, 2.05) is 37.3 Å². The Bertz CT molecular complexity index is 732. The Kier molecular flexibility index (Phi) is 3.15. The van der Waals surface area contributed by atoms with Crippen molar-refractivity contribution >= 4 is 26.7 Å². The van der Waals surface area contributed by atoms with Gasteiger partial charge in [-0.1, -0.05) is 46.3 Å². The Morgan fingerprint density at radius 2 is 1.84 bits per heavy atom. The van der Waals surface area contributed by atoms with Crippen LogP contribution in [-0.2, 0) is 0 Å². The molecule has 0 fully saturated rings. The molecule has 96 valence electrons. The van der Waals surface area contributed by atoms with E-state index in [4.69, 9.17) is 4.42 Å². The molecule has 0 aliphatic rings. The van der Waals surface area contributed by atoms with Gasteiger partial charge in [-0.25, -0.2) is 4.39 Å². The molecular formula is C16H12BrFO. The van der Waals surface area contributed by atoms with Crippen LogP contribution in [0.4, 0.5) is 4.39 Å². The molecule has 1 atom stereocenters. The van der Waals surface area contributed by atoms with Crippen molar-refractivity contribution in [2.45, 2.75) is 11.8 Å². The maximum absolute atomic E-state index is 13.8. The zero-order valence-corrected chi connectivity index (χ0v) is 11.9. The van der Waals surface area contributed by atoms with Crippen LogP contribution >= 0.6 is 15.9 Å². The lowest BCUT2D eigenvalue weighted by molar-refractivity contribution is 0.532. The Labute approximate surface area is 119 Å². The summed E-state index contributed by atoms with van der Waals surface area (Å²) in [5.74, 6) is 0.674. The predicted molar refractivity (Wildman–Crippen MR) is 78.1 cm³/mol. The lowest BCUT2D eigenvalue weighted by Gasteiger charge is -2.12. The third-order valence-corrected chi connectivity index (χ3v) is 4.24. The van der Waals surface area contributed by atoms with Crippen molar-refractivity contribution in [3.8, 4) is 0 Å². The minimum absolute atomic E-state index is 0.00421. The molecule has 3 rings (SSSR count). The monoisotopic (exact) mass is 318 g/mol. The first kappa shape index (κ1) is 12.4. The van der Waals surface area contributed by atoms with Gasteiger partial charge in [0, 0.05) is 10.9 Å². The van der Waals surface area contributed by atoms with Gasteiger partial charge < -0.3 is 4.42 Å². The molecule has 0 aliphatic carbocycles. The van der Waals surface area contributed by atoms with Crippen LogP contribution in [-0.4, -0.2) is 0 Å². The van der Waals surface area contributed by atoms with Crippen LogP contribution in [0.15, 0.2) is 53.1 Å². The van der Waals surface area contributed by atoms with E-state index in [1.165, 1.54) is 6.07 Å². The van der Waals surface area contributed by atoms with Gasteiger partial charge in [0.05, 0.1) is 11.1 Å². The number of fused-ring (bicyclic) bond motifs is 1. The molecule has 0 radical (unpaired) electrons. The third-order valence-electron chi connectivity index (χ3n) is 3.22. The predicted octanol–water partition coefficient (Wildman–Crippen LogP) is 5.36. The van der Waals surface area contributed by atoms with Crippen LogP contribution in [0.3, 0.4) is 0 Å². The van der Waals surface area contributed by atoms with E-state index < -0.39 is 0 Å². The van der Waals surface area contributed by atoms with E-state index >= 15 is 0 Å². The summed E-state index contributed by atoms with van der Waals surface area (Å²) in [5.41, 5.74) is 2.08. The van der Waals surface area contributed by atoms with Gasteiger partial charge in [-0.3, -0.25) is 0 Å². The van der Waals surface area contributed by atoms with Crippen molar-refractivity contribution < 1.29 is 8.81 Å². The molecule has 3 heteroatoms. The van der Waals surface area contributed by atoms with E-state index in [1.54, 1.807) is 12.3 Å². The van der Waals surface area contributed by atoms with Gasteiger partial charge in [0.15, 0.2) is 0 Å². The number of furan rings is 1. The highest BCUT2D eigenvalue weighted by molar-refractivity contribution is 9.09. The van der Waals surface area contributed by atoms with Crippen LogP contribution in [0.25, 0.3) is 10.8 Å². The van der Waals surface area contributed by atoms with Crippen LogP contribution in [0.2, 0.25) is 0 Å². The van der Waals surface area contributed by atoms with Gasteiger partial charge >= 0.3 is 0 Å². The molecule has 1 aromatic heterocycles. The second-order valence-corrected chi connectivity index (χ2v) is 5.45. The number of hydrogen-bond acceptors (Lipinski definition) is 1. The lowest BCUT2D eigenvalue weighted by Crippen LogP contribution is -1.94. The summed E-state index contributed by atoms with van der Waals surface area (Å²) >= 11 is 3.67. The lowest BCUT2D eigenvalue weighted by atomic mass is 9.99. The molecule has 0 bridgehead atoms. The van der Waals surface area contributed by atoms with Gasteiger partial charge in [0.2, 0.25) is 0 Å². The largest absolute Gasteiger partial charge is 0.469 e. The number of rotatable bonds is 2. The maximum atomic E-state index is 13.8. The van der Waals surface area contributed by atoms with E-state index in [0.29, 0.717) is 5.39 Å². The molecule has 1 unspecified atom stereocenters. The molecule has 1 heterocycles. The average molecular weight is 319 g/mol. The highest BCUT2D eigenvalue weighted by atomic mass is 79.9. The number of halogens is 2. The Hall–Kier alpha value is -1.61. The Morgan fingerprint density at radius 3 is 2.53 bits per heavy atom. The summed E-state index contributed by atoms with van der Waals surface area (Å²) in [6.07, 6.45) is 1.73. The topological polar surface area (TPSA) is 13.1 Å². The summed E-state index contributed by atoms with van der Waals surface area (Å²) in [6.45, 7) is 1.91. The van der Waals surface area contributed by atoms with Crippen molar-refractivity contribution in [2.24, 2.45) is 0 Å². The molecule has 0 N–H and O–H groups in total. The molecule has 0 spiro atoms. The number of alkyl halides is 1. The molecule has 0 saturated heterocycles. The fraction of sp³-hybridized carbons (Fsp3) is 0.125. The molecule has 0 saturated carbocycles. The van der Waals surface area contributed by atoms with Crippen LogP contribution in [0, 0.1) is 12.7 Å². The second kappa shape index (κ2) is 4.82. The van der Waals surface area contributed by atoms with E-state index in [0.717, 1.165) is 22.3 Å². The quantitative estimate of drug-likeness (QED) is 0.579. The molecule has 19 heavy (non-hydrogen) atoms. The van der Waals surface area contributed by atoms with E-state index in [2.05, 4.69) is 15.9 Å². The minimum atomic E-state index is -0.192.